The molecule has 0 heterocycles. The third kappa shape index (κ3) is 3.47. The number of fused-ring (bicyclic) bond motifs is 1. The fourth-order valence-corrected chi connectivity index (χ4v) is 3.79. The predicted molar refractivity (Wildman–Crippen MR) is 91.8 cm³/mol. The number of nitrogens with one attached hydrogen (secondary N) is 1. The summed E-state index contributed by atoms with van der Waals surface area (Å²) in [6.07, 6.45) is 6.77. The standard InChI is InChI=1S/C20H27N/c1-2-13-21-15-19-9-5-6-10-20(19)18-12-11-16-7-3-4-8-17(16)14-18/h3-4,7-8,11-12,14,19-21H,2,5-6,9-10,13,15H2,1H3. The van der Waals surface area contributed by atoms with Gasteiger partial charge in [-0.15, -0.1) is 0 Å². The Bertz CT molecular complexity index is 575. The van der Waals surface area contributed by atoms with Gasteiger partial charge in [-0.2, -0.15) is 0 Å². The fourth-order valence-electron chi connectivity index (χ4n) is 3.79. The van der Waals surface area contributed by atoms with E-state index in [1.54, 1.807) is 5.56 Å². The smallest absolute Gasteiger partial charge is 0.00147 e. The Kier molecular flexibility index (Phi) is 4.92. The van der Waals surface area contributed by atoms with Gasteiger partial charge in [0.15, 0.2) is 0 Å². The van der Waals surface area contributed by atoms with Gasteiger partial charge in [-0.25, -0.2) is 0 Å². The number of benzene rings is 2. The van der Waals surface area contributed by atoms with Crippen LogP contribution in [0.25, 0.3) is 10.8 Å². The molecule has 2 unspecified atom stereocenters. The maximum absolute atomic E-state index is 3.64. The van der Waals surface area contributed by atoms with E-state index in [-0.39, 0.29) is 0 Å². The zero-order valence-electron chi connectivity index (χ0n) is 13.1. The second-order valence-corrected chi connectivity index (χ2v) is 6.46. The molecule has 1 nitrogen and oxygen atoms in total. The summed E-state index contributed by atoms with van der Waals surface area (Å²) >= 11 is 0. The Morgan fingerprint density at radius 1 is 1.00 bits per heavy atom. The highest BCUT2D eigenvalue weighted by Crippen LogP contribution is 2.38. The minimum absolute atomic E-state index is 0.743. The van der Waals surface area contributed by atoms with Gasteiger partial charge in [0.25, 0.3) is 0 Å². The van der Waals surface area contributed by atoms with E-state index in [4.69, 9.17) is 0 Å². The van der Waals surface area contributed by atoms with Gasteiger partial charge in [0.2, 0.25) is 0 Å². The first kappa shape index (κ1) is 14.6. The van der Waals surface area contributed by atoms with E-state index in [9.17, 15) is 0 Å². The molecule has 1 aliphatic rings. The molecular weight excluding hydrogens is 254 g/mol. The van der Waals surface area contributed by atoms with Gasteiger partial charge in [-0.1, -0.05) is 62.2 Å². The molecule has 0 amide bonds. The summed E-state index contributed by atoms with van der Waals surface area (Å²) in [6.45, 7) is 4.58. The molecule has 0 spiro atoms. The predicted octanol–water partition coefficient (Wildman–Crippen LogP) is 5.11. The Labute approximate surface area is 128 Å². The van der Waals surface area contributed by atoms with Gasteiger partial charge in [0, 0.05) is 0 Å². The summed E-state index contributed by atoms with van der Waals surface area (Å²) in [7, 11) is 0. The van der Waals surface area contributed by atoms with Crippen molar-refractivity contribution in [2.45, 2.75) is 44.9 Å². The van der Waals surface area contributed by atoms with Crippen LogP contribution in [0.5, 0.6) is 0 Å². The van der Waals surface area contributed by atoms with Crippen molar-refractivity contribution in [1.82, 2.24) is 5.32 Å². The van der Waals surface area contributed by atoms with Crippen molar-refractivity contribution >= 4 is 10.8 Å². The van der Waals surface area contributed by atoms with E-state index in [1.807, 2.05) is 0 Å². The van der Waals surface area contributed by atoms with Crippen LogP contribution in [0.15, 0.2) is 42.5 Å². The molecule has 112 valence electrons. The van der Waals surface area contributed by atoms with Crippen molar-refractivity contribution < 1.29 is 0 Å². The van der Waals surface area contributed by atoms with Crippen molar-refractivity contribution in [3.05, 3.63) is 48.0 Å². The van der Waals surface area contributed by atoms with Gasteiger partial charge in [0.1, 0.15) is 0 Å². The average molecular weight is 281 g/mol. The molecule has 0 bridgehead atoms. The SMILES string of the molecule is CCCNCC1CCCCC1c1ccc2ccccc2c1. The molecule has 0 aliphatic heterocycles. The number of hydrogen-bond donors (Lipinski definition) is 1. The van der Waals surface area contributed by atoms with E-state index in [0.29, 0.717) is 0 Å². The highest BCUT2D eigenvalue weighted by molar-refractivity contribution is 5.83. The molecule has 1 aliphatic carbocycles. The van der Waals surface area contributed by atoms with Gasteiger partial charge in [0.05, 0.1) is 0 Å². The first-order chi connectivity index (χ1) is 10.4. The van der Waals surface area contributed by atoms with Crippen molar-refractivity contribution in [2.24, 2.45) is 5.92 Å². The van der Waals surface area contributed by atoms with Crippen LogP contribution >= 0.6 is 0 Å². The lowest BCUT2D eigenvalue weighted by Crippen LogP contribution is -2.30. The van der Waals surface area contributed by atoms with E-state index in [1.165, 1.54) is 49.4 Å². The van der Waals surface area contributed by atoms with Crippen molar-refractivity contribution in [1.29, 1.82) is 0 Å². The molecule has 1 fully saturated rings. The molecule has 1 N–H and O–H groups in total. The number of rotatable bonds is 5. The van der Waals surface area contributed by atoms with Gasteiger partial charge < -0.3 is 5.32 Å². The Morgan fingerprint density at radius 2 is 1.81 bits per heavy atom. The zero-order valence-corrected chi connectivity index (χ0v) is 13.1. The largest absolute Gasteiger partial charge is 0.316 e. The molecule has 3 rings (SSSR count). The van der Waals surface area contributed by atoms with E-state index < -0.39 is 0 Å². The van der Waals surface area contributed by atoms with Crippen LogP contribution in [0.4, 0.5) is 0 Å². The van der Waals surface area contributed by atoms with E-state index in [2.05, 4.69) is 54.7 Å². The quantitative estimate of drug-likeness (QED) is 0.751. The molecule has 2 aromatic rings. The summed E-state index contributed by atoms with van der Waals surface area (Å²) < 4.78 is 0. The van der Waals surface area contributed by atoms with Crippen LogP contribution in [0, 0.1) is 5.92 Å². The van der Waals surface area contributed by atoms with Crippen LogP contribution < -0.4 is 5.32 Å². The monoisotopic (exact) mass is 281 g/mol. The van der Waals surface area contributed by atoms with Crippen LogP contribution in [-0.2, 0) is 0 Å². The average Bonchev–Trinajstić information content (AvgIpc) is 2.55. The second-order valence-electron chi connectivity index (χ2n) is 6.46. The molecule has 21 heavy (non-hydrogen) atoms. The van der Waals surface area contributed by atoms with Crippen LogP contribution in [0.1, 0.15) is 50.5 Å². The lowest BCUT2D eigenvalue weighted by Gasteiger charge is -2.32. The summed E-state index contributed by atoms with van der Waals surface area (Å²) in [4.78, 5) is 0. The molecule has 2 atom stereocenters. The molecule has 1 saturated carbocycles. The normalized spacial score (nSPS) is 22.5. The molecule has 0 aromatic heterocycles. The van der Waals surface area contributed by atoms with Gasteiger partial charge >= 0.3 is 0 Å². The van der Waals surface area contributed by atoms with Crippen LogP contribution in [0.3, 0.4) is 0 Å². The fraction of sp³-hybridized carbons (Fsp3) is 0.500. The third-order valence-electron chi connectivity index (χ3n) is 4.94. The highest BCUT2D eigenvalue weighted by atomic mass is 14.9. The summed E-state index contributed by atoms with van der Waals surface area (Å²) in [5, 5.41) is 6.39. The molecule has 2 aromatic carbocycles. The minimum Gasteiger partial charge on any atom is -0.316 e. The first-order valence-corrected chi connectivity index (χ1v) is 8.58. The second kappa shape index (κ2) is 7.09. The van der Waals surface area contributed by atoms with E-state index in [0.717, 1.165) is 18.4 Å². The van der Waals surface area contributed by atoms with Crippen molar-refractivity contribution in [3.8, 4) is 0 Å². The third-order valence-corrected chi connectivity index (χ3v) is 4.94. The number of hydrogen-bond acceptors (Lipinski definition) is 1. The van der Waals surface area contributed by atoms with Gasteiger partial charge in [-0.05, 0) is 60.5 Å². The zero-order chi connectivity index (χ0) is 14.5. The van der Waals surface area contributed by atoms with Crippen LogP contribution in [0.2, 0.25) is 0 Å². The summed E-state index contributed by atoms with van der Waals surface area (Å²) in [6, 6.07) is 15.8. The van der Waals surface area contributed by atoms with Gasteiger partial charge in [-0.3, -0.25) is 0 Å². The molecule has 0 saturated heterocycles. The highest BCUT2D eigenvalue weighted by Gasteiger charge is 2.26. The first-order valence-electron chi connectivity index (χ1n) is 8.58. The van der Waals surface area contributed by atoms with Crippen LogP contribution in [-0.4, -0.2) is 13.1 Å². The Morgan fingerprint density at radius 3 is 2.67 bits per heavy atom. The Balaban J connectivity index is 1.80. The molecule has 0 radical (unpaired) electrons. The van der Waals surface area contributed by atoms with E-state index >= 15 is 0 Å². The topological polar surface area (TPSA) is 12.0 Å². The lowest BCUT2D eigenvalue weighted by molar-refractivity contribution is 0.296. The van der Waals surface area contributed by atoms with Crippen molar-refractivity contribution in [2.75, 3.05) is 13.1 Å². The lowest BCUT2D eigenvalue weighted by atomic mass is 9.75. The minimum atomic E-state index is 0.743. The summed E-state index contributed by atoms with van der Waals surface area (Å²) in [5.74, 6) is 1.55. The molecule has 1 heteroatoms. The maximum atomic E-state index is 3.64. The Hall–Kier alpha value is -1.34. The van der Waals surface area contributed by atoms with Crippen molar-refractivity contribution in [3.63, 3.8) is 0 Å². The molecular formula is C20H27N. The summed E-state index contributed by atoms with van der Waals surface area (Å²) in [5.41, 5.74) is 1.55. The maximum Gasteiger partial charge on any atom is -0.00147 e.